The maximum Gasteiger partial charge on any atom is 0.224 e. The summed E-state index contributed by atoms with van der Waals surface area (Å²) in [7, 11) is 4.33. The molecule has 0 aliphatic carbocycles. The Kier molecular flexibility index (Phi) is 3.87. The van der Waals surface area contributed by atoms with E-state index in [2.05, 4.69) is 33.9 Å². The Hall–Kier alpha value is -0.520. The SMILES string of the molecule is CN1CCCC(N(C)c2nc(Cl)nc3c2SCC3)C1. The van der Waals surface area contributed by atoms with E-state index in [0.717, 1.165) is 30.2 Å². The van der Waals surface area contributed by atoms with E-state index in [-0.39, 0.29) is 0 Å². The number of rotatable bonds is 2. The molecule has 2 aliphatic rings. The van der Waals surface area contributed by atoms with Crippen molar-refractivity contribution in [3.63, 3.8) is 0 Å². The molecule has 6 heteroatoms. The summed E-state index contributed by atoms with van der Waals surface area (Å²) >= 11 is 7.93. The highest BCUT2D eigenvalue weighted by Gasteiger charge is 2.27. The van der Waals surface area contributed by atoms with E-state index in [4.69, 9.17) is 11.6 Å². The molecule has 0 amide bonds. The number of anilines is 1. The molecule has 0 spiro atoms. The zero-order valence-corrected chi connectivity index (χ0v) is 13.0. The van der Waals surface area contributed by atoms with Crippen molar-refractivity contribution in [2.75, 3.05) is 37.8 Å². The maximum atomic E-state index is 6.07. The van der Waals surface area contributed by atoms with Crippen LogP contribution in [0.5, 0.6) is 0 Å². The molecule has 3 rings (SSSR count). The number of nitrogens with zero attached hydrogens (tertiary/aromatic N) is 4. The van der Waals surface area contributed by atoms with E-state index in [1.807, 2.05) is 11.8 Å². The van der Waals surface area contributed by atoms with E-state index in [0.29, 0.717) is 11.3 Å². The van der Waals surface area contributed by atoms with Crippen LogP contribution in [0.3, 0.4) is 0 Å². The first-order valence-electron chi connectivity index (χ1n) is 6.75. The molecule has 1 aromatic rings. The van der Waals surface area contributed by atoms with E-state index < -0.39 is 0 Å². The smallest absolute Gasteiger partial charge is 0.224 e. The second-order valence-electron chi connectivity index (χ2n) is 5.36. The van der Waals surface area contributed by atoms with Gasteiger partial charge < -0.3 is 9.80 Å². The lowest BCUT2D eigenvalue weighted by molar-refractivity contribution is 0.247. The summed E-state index contributed by atoms with van der Waals surface area (Å²) in [6.45, 7) is 2.29. The van der Waals surface area contributed by atoms with Gasteiger partial charge in [0.1, 0.15) is 5.82 Å². The lowest BCUT2D eigenvalue weighted by atomic mass is 10.1. The Bertz CT molecular complexity index is 482. The number of aromatic nitrogens is 2. The third kappa shape index (κ3) is 2.69. The fourth-order valence-electron chi connectivity index (χ4n) is 2.89. The number of hydrogen-bond donors (Lipinski definition) is 0. The van der Waals surface area contributed by atoms with Gasteiger partial charge in [-0.2, -0.15) is 4.98 Å². The van der Waals surface area contributed by atoms with Crippen LogP contribution >= 0.6 is 23.4 Å². The monoisotopic (exact) mass is 298 g/mol. The molecule has 0 N–H and O–H groups in total. The Balaban J connectivity index is 1.89. The summed E-state index contributed by atoms with van der Waals surface area (Å²) in [5.41, 5.74) is 1.12. The topological polar surface area (TPSA) is 32.3 Å². The number of fused-ring (bicyclic) bond motifs is 1. The van der Waals surface area contributed by atoms with Crippen LogP contribution in [0.15, 0.2) is 4.90 Å². The molecule has 1 atom stereocenters. The van der Waals surface area contributed by atoms with Gasteiger partial charge in [0.25, 0.3) is 0 Å². The van der Waals surface area contributed by atoms with Crippen LogP contribution < -0.4 is 4.90 Å². The van der Waals surface area contributed by atoms with Crippen molar-refractivity contribution in [3.05, 3.63) is 11.0 Å². The van der Waals surface area contributed by atoms with Gasteiger partial charge in [0.05, 0.1) is 10.6 Å². The molecule has 4 nitrogen and oxygen atoms in total. The zero-order valence-electron chi connectivity index (χ0n) is 11.4. The molecule has 0 saturated carbocycles. The van der Waals surface area contributed by atoms with Crippen LogP contribution in [0, 0.1) is 0 Å². The first-order chi connectivity index (χ1) is 9.15. The lowest BCUT2D eigenvalue weighted by Crippen LogP contribution is -2.45. The first-order valence-corrected chi connectivity index (χ1v) is 8.12. The number of aryl methyl sites for hydroxylation is 1. The number of likely N-dealkylation sites (N-methyl/N-ethyl adjacent to an activating group) is 2. The van der Waals surface area contributed by atoms with Crippen LogP contribution in [0.2, 0.25) is 5.28 Å². The van der Waals surface area contributed by atoms with Gasteiger partial charge in [-0.1, -0.05) is 0 Å². The normalized spacial score (nSPS) is 23.4. The van der Waals surface area contributed by atoms with Crippen LogP contribution in [-0.4, -0.2) is 53.8 Å². The highest BCUT2D eigenvalue weighted by atomic mass is 35.5. The van der Waals surface area contributed by atoms with Crippen molar-refractivity contribution < 1.29 is 0 Å². The first kappa shape index (κ1) is 13.5. The van der Waals surface area contributed by atoms with E-state index in [9.17, 15) is 0 Å². The predicted molar refractivity (Wildman–Crippen MR) is 80.4 cm³/mol. The van der Waals surface area contributed by atoms with Crippen molar-refractivity contribution in [1.82, 2.24) is 14.9 Å². The largest absolute Gasteiger partial charge is 0.354 e. The molecule has 1 unspecified atom stereocenters. The minimum absolute atomic E-state index is 0.382. The fraction of sp³-hybridized carbons (Fsp3) is 0.692. The molecule has 19 heavy (non-hydrogen) atoms. The third-order valence-corrected chi connectivity index (χ3v) is 5.24. The lowest BCUT2D eigenvalue weighted by Gasteiger charge is -2.37. The number of thioether (sulfide) groups is 1. The fourth-order valence-corrected chi connectivity index (χ4v) is 4.20. The highest BCUT2D eigenvalue weighted by molar-refractivity contribution is 7.99. The average Bonchev–Trinajstić information content (AvgIpc) is 2.85. The minimum atomic E-state index is 0.382. The standard InChI is InChI=1S/C13H19ClN4S/c1-17-6-3-4-9(8-17)18(2)12-11-10(5-7-19-11)15-13(14)16-12/h9H,3-8H2,1-2H3. The van der Waals surface area contributed by atoms with Gasteiger partial charge in [0.2, 0.25) is 5.28 Å². The Labute approximate surface area is 123 Å². The number of likely N-dealkylation sites (tertiary alicyclic amines) is 1. The molecule has 0 aromatic carbocycles. The molecule has 0 bridgehead atoms. The second kappa shape index (κ2) is 5.46. The van der Waals surface area contributed by atoms with E-state index in [1.165, 1.54) is 24.3 Å². The van der Waals surface area contributed by atoms with Crippen LogP contribution in [-0.2, 0) is 6.42 Å². The quantitative estimate of drug-likeness (QED) is 0.782. The summed E-state index contributed by atoms with van der Waals surface area (Å²) in [4.78, 5) is 14.8. The van der Waals surface area contributed by atoms with Crippen LogP contribution in [0.1, 0.15) is 18.5 Å². The maximum absolute atomic E-state index is 6.07. The van der Waals surface area contributed by atoms with Gasteiger partial charge in [-0.15, -0.1) is 11.8 Å². The predicted octanol–water partition coefficient (Wildman–Crippen LogP) is 2.31. The zero-order chi connectivity index (χ0) is 13.4. The Morgan fingerprint density at radius 2 is 2.26 bits per heavy atom. The summed E-state index contributed by atoms with van der Waals surface area (Å²) < 4.78 is 0. The van der Waals surface area contributed by atoms with Crippen molar-refractivity contribution >= 4 is 29.2 Å². The molecule has 104 valence electrons. The molecular weight excluding hydrogens is 280 g/mol. The number of hydrogen-bond acceptors (Lipinski definition) is 5. The van der Waals surface area contributed by atoms with Gasteiger partial charge in [-0.25, -0.2) is 4.98 Å². The molecule has 2 aliphatic heterocycles. The van der Waals surface area contributed by atoms with E-state index >= 15 is 0 Å². The van der Waals surface area contributed by atoms with Gasteiger partial charge in [-0.3, -0.25) is 0 Å². The van der Waals surface area contributed by atoms with Gasteiger partial charge in [0.15, 0.2) is 0 Å². The van der Waals surface area contributed by atoms with Gasteiger partial charge >= 0.3 is 0 Å². The van der Waals surface area contributed by atoms with Crippen molar-refractivity contribution in [2.24, 2.45) is 0 Å². The second-order valence-corrected chi connectivity index (χ2v) is 6.80. The minimum Gasteiger partial charge on any atom is -0.354 e. The number of halogens is 1. The molecule has 1 saturated heterocycles. The summed E-state index contributed by atoms with van der Waals surface area (Å²) in [5, 5.41) is 0.382. The van der Waals surface area contributed by atoms with Crippen molar-refractivity contribution in [2.45, 2.75) is 30.2 Å². The summed E-state index contributed by atoms with van der Waals surface area (Å²) in [5.74, 6) is 2.12. The summed E-state index contributed by atoms with van der Waals surface area (Å²) in [6.07, 6.45) is 3.48. The molecule has 3 heterocycles. The average molecular weight is 299 g/mol. The van der Waals surface area contributed by atoms with Gasteiger partial charge in [0, 0.05) is 31.8 Å². The molecule has 0 radical (unpaired) electrons. The number of piperidine rings is 1. The van der Waals surface area contributed by atoms with Crippen molar-refractivity contribution in [3.8, 4) is 0 Å². The van der Waals surface area contributed by atoms with Crippen LogP contribution in [0.4, 0.5) is 5.82 Å². The Morgan fingerprint density at radius 3 is 3.05 bits per heavy atom. The molecule has 1 fully saturated rings. The van der Waals surface area contributed by atoms with Crippen LogP contribution in [0.25, 0.3) is 0 Å². The highest BCUT2D eigenvalue weighted by Crippen LogP contribution is 2.38. The van der Waals surface area contributed by atoms with E-state index in [1.54, 1.807) is 0 Å². The molecule has 1 aromatic heterocycles. The Morgan fingerprint density at radius 1 is 1.42 bits per heavy atom. The summed E-state index contributed by atoms with van der Waals surface area (Å²) in [6, 6.07) is 0.523. The third-order valence-electron chi connectivity index (χ3n) is 3.96. The molecular formula is C13H19ClN4S. The van der Waals surface area contributed by atoms with Crippen molar-refractivity contribution in [1.29, 1.82) is 0 Å². The van der Waals surface area contributed by atoms with Gasteiger partial charge in [-0.05, 0) is 38.0 Å².